The minimum atomic E-state index is -1.07. The van der Waals surface area contributed by atoms with Gasteiger partial charge in [-0.15, -0.1) is 11.8 Å². The van der Waals surface area contributed by atoms with E-state index in [1.54, 1.807) is 0 Å². The first-order chi connectivity index (χ1) is 16.5. The summed E-state index contributed by atoms with van der Waals surface area (Å²) in [7, 11) is 0. The summed E-state index contributed by atoms with van der Waals surface area (Å²) in [6.07, 6.45) is 0.442. The van der Waals surface area contributed by atoms with Gasteiger partial charge in [0.05, 0.1) is 12.4 Å². The Morgan fingerprint density at radius 1 is 1.12 bits per heavy atom. The van der Waals surface area contributed by atoms with Gasteiger partial charge in [-0.05, 0) is 22.3 Å². The number of rotatable bonds is 6. The third-order valence-electron chi connectivity index (χ3n) is 6.01. The molecule has 2 amide bonds. The zero-order chi connectivity index (χ0) is 23.7. The first-order valence-electron chi connectivity index (χ1n) is 10.7. The summed E-state index contributed by atoms with van der Waals surface area (Å²) in [6.45, 7) is 0.0454. The van der Waals surface area contributed by atoms with Gasteiger partial charge in [-0.25, -0.2) is 14.6 Å². The lowest BCUT2D eigenvalue weighted by atomic mass is 9.98. The topological polar surface area (TPSA) is 122 Å². The molecule has 1 aromatic heterocycles. The van der Waals surface area contributed by atoms with Gasteiger partial charge < -0.3 is 24.5 Å². The van der Waals surface area contributed by atoms with Gasteiger partial charge in [-0.3, -0.25) is 4.79 Å². The van der Waals surface area contributed by atoms with Crippen LogP contribution in [-0.2, 0) is 16.1 Å². The molecular formula is C24H21N3O6S. The number of hydrogen-bond donors (Lipinski definition) is 2. The molecule has 174 valence electrons. The number of nitrogens with zero attached hydrogens (tertiary/aromatic N) is 2. The van der Waals surface area contributed by atoms with Crippen LogP contribution in [0, 0.1) is 0 Å². The van der Waals surface area contributed by atoms with Crippen LogP contribution in [0.1, 0.15) is 33.3 Å². The van der Waals surface area contributed by atoms with Crippen LogP contribution >= 0.6 is 11.8 Å². The number of carbonyl (C=O) groups is 3. The zero-order valence-electron chi connectivity index (χ0n) is 18.0. The molecule has 10 heteroatoms. The number of carboxylic acids is 1. The van der Waals surface area contributed by atoms with E-state index in [-0.39, 0.29) is 36.4 Å². The second-order valence-electron chi connectivity index (χ2n) is 7.93. The minimum Gasteiger partial charge on any atom is -0.480 e. The molecule has 1 fully saturated rings. The fourth-order valence-electron chi connectivity index (χ4n) is 4.36. The van der Waals surface area contributed by atoms with Crippen molar-refractivity contribution in [3.8, 4) is 11.1 Å². The molecule has 2 N–H and O–H groups in total. The molecule has 2 aromatic carbocycles. The van der Waals surface area contributed by atoms with E-state index < -0.39 is 24.0 Å². The summed E-state index contributed by atoms with van der Waals surface area (Å²) < 4.78 is 10.8. The van der Waals surface area contributed by atoms with Crippen LogP contribution in [0.5, 0.6) is 0 Å². The Morgan fingerprint density at radius 2 is 1.79 bits per heavy atom. The quantitative estimate of drug-likeness (QED) is 0.552. The van der Waals surface area contributed by atoms with Crippen molar-refractivity contribution in [1.29, 1.82) is 0 Å². The minimum absolute atomic E-state index is 0.0207. The summed E-state index contributed by atoms with van der Waals surface area (Å²) in [6, 6.07) is 15.2. The molecule has 0 unspecified atom stereocenters. The van der Waals surface area contributed by atoms with E-state index in [0.29, 0.717) is 5.75 Å². The van der Waals surface area contributed by atoms with Crippen molar-refractivity contribution in [1.82, 2.24) is 15.2 Å². The van der Waals surface area contributed by atoms with Crippen molar-refractivity contribution < 1.29 is 28.6 Å². The highest BCUT2D eigenvalue weighted by atomic mass is 32.2. The lowest BCUT2D eigenvalue weighted by Gasteiger charge is -2.19. The molecule has 0 saturated carbocycles. The number of oxazole rings is 1. The second-order valence-corrected chi connectivity index (χ2v) is 8.93. The van der Waals surface area contributed by atoms with Crippen LogP contribution in [0.3, 0.4) is 0 Å². The molecule has 5 rings (SSSR count). The zero-order valence-corrected chi connectivity index (χ0v) is 18.8. The third-order valence-corrected chi connectivity index (χ3v) is 7.02. The van der Waals surface area contributed by atoms with Gasteiger partial charge in [0.2, 0.25) is 0 Å². The molecule has 1 saturated heterocycles. The maximum absolute atomic E-state index is 12.8. The van der Waals surface area contributed by atoms with Gasteiger partial charge in [0, 0.05) is 11.7 Å². The number of alkyl carbamates (subject to hydrolysis) is 1. The molecule has 1 aliphatic carbocycles. The first kappa shape index (κ1) is 22.0. The molecule has 3 aromatic rings. The number of aliphatic carboxylic acids is 1. The van der Waals surface area contributed by atoms with Crippen LogP contribution in [0.4, 0.5) is 4.79 Å². The Kier molecular flexibility index (Phi) is 5.97. The molecule has 2 heterocycles. The molecule has 0 spiro atoms. The van der Waals surface area contributed by atoms with Crippen LogP contribution in [0.2, 0.25) is 0 Å². The molecule has 1 atom stereocenters. The van der Waals surface area contributed by atoms with Crippen molar-refractivity contribution in [3.63, 3.8) is 0 Å². The van der Waals surface area contributed by atoms with Gasteiger partial charge >= 0.3 is 12.1 Å². The van der Waals surface area contributed by atoms with Crippen LogP contribution < -0.4 is 5.32 Å². The van der Waals surface area contributed by atoms with Gasteiger partial charge in [-0.1, -0.05) is 48.5 Å². The second kappa shape index (κ2) is 9.22. The summed E-state index contributed by atoms with van der Waals surface area (Å²) in [5, 5.41) is 11.9. The Morgan fingerprint density at radius 3 is 2.47 bits per heavy atom. The molecule has 34 heavy (non-hydrogen) atoms. The largest absolute Gasteiger partial charge is 0.480 e. The Labute approximate surface area is 199 Å². The number of amides is 2. The summed E-state index contributed by atoms with van der Waals surface area (Å²) in [4.78, 5) is 41.8. The number of benzene rings is 2. The van der Waals surface area contributed by atoms with Crippen molar-refractivity contribution >= 4 is 29.7 Å². The number of carboxylic acid groups (broad SMARTS) is 1. The van der Waals surface area contributed by atoms with Crippen LogP contribution in [-0.4, -0.2) is 57.2 Å². The van der Waals surface area contributed by atoms with Crippen LogP contribution in [0.25, 0.3) is 11.1 Å². The van der Waals surface area contributed by atoms with E-state index in [0.717, 1.165) is 28.6 Å². The van der Waals surface area contributed by atoms with E-state index in [1.165, 1.54) is 16.7 Å². The van der Waals surface area contributed by atoms with E-state index in [9.17, 15) is 19.5 Å². The van der Waals surface area contributed by atoms with Crippen molar-refractivity contribution in [3.05, 3.63) is 77.5 Å². The highest BCUT2D eigenvalue weighted by Crippen LogP contribution is 2.44. The standard InChI is InChI=1S/C24H21N3O6S/c28-22(27-13-34-11-19(27)23(29)30)21-20(33-12-26-21)9-25-24(31)32-10-18-16-7-3-1-5-14(16)15-6-2-4-8-17(15)18/h1-8,12,18-19H,9-11,13H2,(H,25,31)(H,29,30)/t19-/m0/s1. The summed E-state index contributed by atoms with van der Waals surface area (Å²) in [5.74, 6) is -0.981. The molecule has 0 bridgehead atoms. The summed E-state index contributed by atoms with van der Waals surface area (Å²) >= 11 is 1.35. The fraction of sp³-hybridized carbons (Fsp3) is 0.250. The highest BCUT2D eigenvalue weighted by molar-refractivity contribution is 7.99. The number of carbonyl (C=O) groups excluding carboxylic acids is 2. The smallest absolute Gasteiger partial charge is 0.407 e. The molecular weight excluding hydrogens is 458 g/mol. The maximum atomic E-state index is 12.8. The van der Waals surface area contributed by atoms with Crippen molar-refractivity contribution in [2.45, 2.75) is 18.5 Å². The molecule has 2 aliphatic rings. The highest BCUT2D eigenvalue weighted by Gasteiger charge is 2.37. The number of nitrogens with one attached hydrogen (secondary N) is 1. The van der Waals surface area contributed by atoms with Crippen molar-refractivity contribution in [2.24, 2.45) is 0 Å². The fourth-order valence-corrected chi connectivity index (χ4v) is 5.50. The average Bonchev–Trinajstić information content (AvgIpc) is 3.59. The Balaban J connectivity index is 1.21. The Bertz CT molecular complexity index is 1210. The third kappa shape index (κ3) is 4.01. The van der Waals surface area contributed by atoms with E-state index in [1.807, 2.05) is 36.4 Å². The molecule has 9 nitrogen and oxygen atoms in total. The van der Waals surface area contributed by atoms with Crippen LogP contribution in [0.15, 0.2) is 59.3 Å². The van der Waals surface area contributed by atoms with Gasteiger partial charge in [0.25, 0.3) is 5.91 Å². The van der Waals surface area contributed by atoms with Crippen molar-refractivity contribution in [2.75, 3.05) is 18.2 Å². The maximum Gasteiger partial charge on any atom is 0.407 e. The van der Waals surface area contributed by atoms with E-state index in [4.69, 9.17) is 9.15 Å². The lowest BCUT2D eigenvalue weighted by Crippen LogP contribution is -2.42. The predicted molar refractivity (Wildman–Crippen MR) is 123 cm³/mol. The molecule has 1 aliphatic heterocycles. The monoisotopic (exact) mass is 479 g/mol. The van der Waals surface area contributed by atoms with E-state index >= 15 is 0 Å². The Hall–Kier alpha value is -3.79. The SMILES string of the molecule is O=C(NCc1ocnc1C(=O)N1CSC[C@H]1C(=O)O)OCC1c2ccccc2-c2ccccc21. The number of hydrogen-bond acceptors (Lipinski definition) is 7. The van der Waals surface area contributed by atoms with Gasteiger partial charge in [-0.2, -0.15) is 0 Å². The van der Waals surface area contributed by atoms with E-state index in [2.05, 4.69) is 22.4 Å². The van der Waals surface area contributed by atoms with Gasteiger partial charge in [0.1, 0.15) is 12.6 Å². The van der Waals surface area contributed by atoms with Gasteiger partial charge in [0.15, 0.2) is 17.8 Å². The number of aromatic nitrogens is 1. The lowest BCUT2D eigenvalue weighted by molar-refractivity contribution is -0.140. The number of thioether (sulfide) groups is 1. The predicted octanol–water partition coefficient (Wildman–Crippen LogP) is 3.31. The normalized spacial score (nSPS) is 16.7. The number of ether oxygens (including phenoxy) is 1. The summed E-state index contributed by atoms with van der Waals surface area (Å²) in [5.41, 5.74) is 4.47. The first-order valence-corrected chi connectivity index (χ1v) is 11.8. The number of fused-ring (bicyclic) bond motifs is 3. The molecule has 0 radical (unpaired) electrons. The average molecular weight is 480 g/mol.